The van der Waals surface area contributed by atoms with Gasteiger partial charge < -0.3 is 10.5 Å². The Morgan fingerprint density at radius 3 is 2.14 bits per heavy atom. The van der Waals surface area contributed by atoms with Crippen molar-refractivity contribution < 1.29 is 5.11 Å². The van der Waals surface area contributed by atoms with Gasteiger partial charge in [-0.2, -0.15) is 0 Å². The summed E-state index contributed by atoms with van der Waals surface area (Å²) in [5, 5.41) is 16.4. The zero-order valence-electron chi connectivity index (χ0n) is 4.69. The minimum Gasteiger partial charge on any atom is -0.862 e. The lowest BCUT2D eigenvalue weighted by atomic mass is 10.1. The molecular formula is C5H10NO-. The molecule has 0 aromatic heterocycles. The maximum atomic E-state index is 9.92. The van der Waals surface area contributed by atoms with Gasteiger partial charge in [0.05, 0.1) is 0 Å². The normalized spacial score (nSPS) is 9.57. The third kappa shape index (κ3) is 5.47. The molecule has 0 amide bonds. The van der Waals surface area contributed by atoms with Gasteiger partial charge in [0, 0.05) is 0 Å². The molecule has 0 aliphatic carbocycles. The van der Waals surface area contributed by atoms with Gasteiger partial charge in [0.25, 0.3) is 0 Å². The van der Waals surface area contributed by atoms with Crippen LogP contribution in [0.3, 0.4) is 0 Å². The first-order valence-corrected chi connectivity index (χ1v) is 2.37. The number of hydrogen-bond acceptors (Lipinski definition) is 2. The van der Waals surface area contributed by atoms with E-state index in [1.807, 2.05) is 13.8 Å². The van der Waals surface area contributed by atoms with E-state index in [1.165, 1.54) is 0 Å². The topological polar surface area (TPSA) is 46.9 Å². The van der Waals surface area contributed by atoms with E-state index in [2.05, 4.69) is 0 Å². The van der Waals surface area contributed by atoms with E-state index in [1.54, 1.807) is 0 Å². The zero-order chi connectivity index (χ0) is 5.86. The van der Waals surface area contributed by atoms with Crippen molar-refractivity contribution in [2.75, 3.05) is 0 Å². The molecule has 0 aliphatic heterocycles. The lowest BCUT2D eigenvalue weighted by molar-refractivity contribution is -0.221. The van der Waals surface area contributed by atoms with E-state index in [0.29, 0.717) is 12.3 Å². The Morgan fingerprint density at radius 2 is 2.14 bits per heavy atom. The molecule has 0 bridgehead atoms. The number of hydrogen-bond donors (Lipinski definition) is 1. The summed E-state index contributed by atoms with van der Waals surface area (Å²) in [6.07, 6.45) is 0.389. The van der Waals surface area contributed by atoms with Crippen LogP contribution in [0, 0.1) is 11.3 Å². The quantitative estimate of drug-likeness (QED) is 0.395. The molecule has 7 heavy (non-hydrogen) atoms. The van der Waals surface area contributed by atoms with Gasteiger partial charge >= 0.3 is 0 Å². The summed E-state index contributed by atoms with van der Waals surface area (Å²) in [4.78, 5) is 0. The third-order valence-electron chi connectivity index (χ3n) is 0.594. The fourth-order valence-electron chi connectivity index (χ4n) is 0.371. The van der Waals surface area contributed by atoms with Gasteiger partial charge in [-0.1, -0.05) is 13.8 Å². The van der Waals surface area contributed by atoms with Crippen molar-refractivity contribution in [1.29, 1.82) is 5.41 Å². The lowest BCUT2D eigenvalue weighted by Crippen LogP contribution is -2.17. The van der Waals surface area contributed by atoms with E-state index in [0.717, 1.165) is 0 Å². The van der Waals surface area contributed by atoms with Crippen LogP contribution < -0.4 is 5.11 Å². The fourth-order valence-corrected chi connectivity index (χ4v) is 0.371. The molecule has 42 valence electrons. The van der Waals surface area contributed by atoms with Gasteiger partial charge in [-0.25, -0.2) is 0 Å². The van der Waals surface area contributed by atoms with Gasteiger partial charge in [-0.3, -0.25) is 0 Å². The summed E-state index contributed by atoms with van der Waals surface area (Å²) < 4.78 is 0. The standard InChI is InChI=1S/C5H11NO/c1-4(2)3-5(6)7/h4H,3H2,1-2H3,(H2,6,7)/p-1. The van der Waals surface area contributed by atoms with Gasteiger partial charge in [0.2, 0.25) is 0 Å². The van der Waals surface area contributed by atoms with Crippen LogP contribution in [0.15, 0.2) is 0 Å². The van der Waals surface area contributed by atoms with Gasteiger partial charge in [0.15, 0.2) is 0 Å². The highest BCUT2D eigenvalue weighted by Gasteiger charge is 1.87. The number of rotatable bonds is 2. The monoisotopic (exact) mass is 100 g/mol. The van der Waals surface area contributed by atoms with Crippen LogP contribution in [0.5, 0.6) is 0 Å². The maximum Gasteiger partial charge on any atom is -0.0231 e. The molecule has 1 N–H and O–H groups in total. The number of nitrogens with one attached hydrogen (secondary N) is 1. The molecule has 0 rings (SSSR count). The largest absolute Gasteiger partial charge is 0.862 e. The van der Waals surface area contributed by atoms with E-state index < -0.39 is 5.90 Å². The van der Waals surface area contributed by atoms with E-state index >= 15 is 0 Å². The van der Waals surface area contributed by atoms with Gasteiger partial charge in [-0.15, -0.1) is 0 Å². The van der Waals surface area contributed by atoms with Crippen LogP contribution in [0.1, 0.15) is 20.3 Å². The molecule has 0 saturated heterocycles. The molecule has 0 aromatic rings. The molecule has 2 heteroatoms. The predicted molar refractivity (Wildman–Crippen MR) is 27.2 cm³/mol. The third-order valence-corrected chi connectivity index (χ3v) is 0.594. The van der Waals surface area contributed by atoms with Crippen molar-refractivity contribution in [1.82, 2.24) is 0 Å². The first kappa shape index (κ1) is 6.47. The van der Waals surface area contributed by atoms with Crippen molar-refractivity contribution in [2.24, 2.45) is 5.92 Å². The molecule has 0 aliphatic rings. The van der Waals surface area contributed by atoms with Crippen LogP contribution in [-0.2, 0) is 0 Å². The van der Waals surface area contributed by atoms with Crippen molar-refractivity contribution in [3.63, 3.8) is 0 Å². The first-order valence-electron chi connectivity index (χ1n) is 2.37. The van der Waals surface area contributed by atoms with Gasteiger partial charge in [0.1, 0.15) is 0 Å². The zero-order valence-corrected chi connectivity index (χ0v) is 4.69. The summed E-state index contributed by atoms with van der Waals surface area (Å²) in [7, 11) is 0. The molecule has 0 fully saturated rings. The Hall–Kier alpha value is -0.530. The average molecular weight is 100 g/mol. The Balaban J connectivity index is 3.13. The Bertz CT molecular complexity index is 68.5. The Labute approximate surface area is 43.7 Å². The Kier molecular flexibility index (Phi) is 2.41. The SMILES string of the molecule is CC(C)CC(=N)[O-]. The molecule has 0 heterocycles. The Morgan fingerprint density at radius 1 is 1.71 bits per heavy atom. The predicted octanol–water partition coefficient (Wildman–Crippen LogP) is 0.370. The lowest BCUT2D eigenvalue weighted by Gasteiger charge is -2.07. The van der Waals surface area contributed by atoms with Crippen LogP contribution in [0.25, 0.3) is 0 Å². The molecule has 0 atom stereocenters. The van der Waals surface area contributed by atoms with Crippen LogP contribution in [-0.4, -0.2) is 5.90 Å². The van der Waals surface area contributed by atoms with Crippen LogP contribution >= 0.6 is 0 Å². The highest BCUT2D eigenvalue weighted by molar-refractivity contribution is 5.67. The minimum atomic E-state index is -0.463. The minimum absolute atomic E-state index is 0.338. The van der Waals surface area contributed by atoms with Crippen molar-refractivity contribution >= 4 is 5.90 Å². The second-order valence-electron chi connectivity index (χ2n) is 2.02. The summed E-state index contributed by atoms with van der Waals surface area (Å²) in [5.74, 6) is -0.125. The molecule has 0 saturated carbocycles. The summed E-state index contributed by atoms with van der Waals surface area (Å²) >= 11 is 0. The molecule has 0 radical (unpaired) electrons. The smallest absolute Gasteiger partial charge is 0.0231 e. The summed E-state index contributed by atoms with van der Waals surface area (Å²) in [6, 6.07) is 0. The van der Waals surface area contributed by atoms with Gasteiger partial charge in [-0.05, 0) is 18.2 Å². The fraction of sp³-hybridized carbons (Fsp3) is 0.800. The highest BCUT2D eigenvalue weighted by Crippen LogP contribution is 1.95. The van der Waals surface area contributed by atoms with Crippen LogP contribution in [0.2, 0.25) is 0 Å². The van der Waals surface area contributed by atoms with E-state index in [9.17, 15) is 5.11 Å². The molecular weight excluding hydrogens is 90.1 g/mol. The molecule has 0 aromatic carbocycles. The average Bonchev–Trinajstić information content (AvgIpc) is 1.27. The molecule has 0 spiro atoms. The molecule has 2 nitrogen and oxygen atoms in total. The van der Waals surface area contributed by atoms with Crippen LogP contribution in [0.4, 0.5) is 0 Å². The molecule has 0 unspecified atom stereocenters. The summed E-state index contributed by atoms with van der Waals surface area (Å²) in [6.45, 7) is 3.85. The van der Waals surface area contributed by atoms with Crippen molar-refractivity contribution in [2.45, 2.75) is 20.3 Å². The summed E-state index contributed by atoms with van der Waals surface area (Å²) in [5.41, 5.74) is 0. The second kappa shape index (κ2) is 2.61. The van der Waals surface area contributed by atoms with Crippen molar-refractivity contribution in [3.05, 3.63) is 0 Å². The highest BCUT2D eigenvalue weighted by atomic mass is 16.3. The van der Waals surface area contributed by atoms with E-state index in [-0.39, 0.29) is 0 Å². The maximum absolute atomic E-state index is 9.92. The second-order valence-corrected chi connectivity index (χ2v) is 2.02. The van der Waals surface area contributed by atoms with E-state index in [4.69, 9.17) is 5.41 Å². The first-order chi connectivity index (χ1) is 3.13. The van der Waals surface area contributed by atoms with Crippen molar-refractivity contribution in [3.8, 4) is 0 Å².